The fourth-order valence-corrected chi connectivity index (χ4v) is 1.83. The molecule has 2 rings (SSSR count). The smallest absolute Gasteiger partial charge is 0.141 e. The molecule has 1 heterocycles. The average Bonchev–Trinajstić information content (AvgIpc) is 2.83. The van der Waals surface area contributed by atoms with Crippen LogP contribution in [0.4, 0.5) is 0 Å². The second kappa shape index (κ2) is 5.16. The number of benzene rings is 1. The molecule has 0 fully saturated rings. The normalized spacial score (nSPS) is 12.4. The van der Waals surface area contributed by atoms with Gasteiger partial charge in [-0.25, -0.2) is 4.98 Å². The molecular weight excluding hydrogens is 240 g/mol. The van der Waals surface area contributed by atoms with E-state index in [0.717, 1.165) is 11.3 Å². The van der Waals surface area contributed by atoms with E-state index in [9.17, 15) is 0 Å². The summed E-state index contributed by atoms with van der Waals surface area (Å²) < 4.78 is 5.26. The van der Waals surface area contributed by atoms with Gasteiger partial charge in [-0.05, 0) is 30.2 Å². The number of nitrogens with one attached hydrogen (secondary N) is 1. The minimum atomic E-state index is -0.259. The van der Waals surface area contributed by atoms with Crippen molar-refractivity contribution in [1.82, 2.24) is 15.2 Å². The Kier molecular flexibility index (Phi) is 3.61. The molecule has 0 aliphatic carbocycles. The number of aromatic amines is 1. The van der Waals surface area contributed by atoms with Crippen LogP contribution in [0.3, 0.4) is 0 Å². The van der Waals surface area contributed by atoms with E-state index in [2.05, 4.69) is 15.2 Å². The Morgan fingerprint density at radius 1 is 1.53 bits per heavy atom. The van der Waals surface area contributed by atoms with Gasteiger partial charge in [0.1, 0.15) is 17.9 Å². The number of ether oxygens (including phenoxy) is 1. The lowest BCUT2D eigenvalue weighted by molar-refractivity contribution is 0.408. The number of methoxy groups -OCH3 is 1. The van der Waals surface area contributed by atoms with Crippen molar-refractivity contribution in [2.75, 3.05) is 7.11 Å². The summed E-state index contributed by atoms with van der Waals surface area (Å²) in [5.41, 5.74) is 6.96. The molecule has 0 radical (unpaired) electrons. The van der Waals surface area contributed by atoms with Gasteiger partial charge in [0, 0.05) is 5.02 Å². The minimum absolute atomic E-state index is 0.259. The van der Waals surface area contributed by atoms with Crippen LogP contribution in [-0.2, 0) is 6.42 Å². The summed E-state index contributed by atoms with van der Waals surface area (Å²) in [5, 5.41) is 7.18. The van der Waals surface area contributed by atoms with Gasteiger partial charge in [-0.2, -0.15) is 5.10 Å². The Bertz CT molecular complexity index is 486. The molecule has 6 heteroatoms. The monoisotopic (exact) mass is 252 g/mol. The van der Waals surface area contributed by atoms with Crippen molar-refractivity contribution in [2.24, 2.45) is 5.73 Å². The predicted octanol–water partition coefficient (Wildman–Crippen LogP) is 1.71. The number of H-pyrrole nitrogens is 1. The van der Waals surface area contributed by atoms with E-state index in [1.807, 2.05) is 12.1 Å². The van der Waals surface area contributed by atoms with Gasteiger partial charge in [0.15, 0.2) is 0 Å². The first kappa shape index (κ1) is 11.9. The second-order valence-electron chi connectivity index (χ2n) is 3.64. The van der Waals surface area contributed by atoms with Gasteiger partial charge in [0.05, 0.1) is 13.2 Å². The number of hydrogen-bond acceptors (Lipinski definition) is 4. The van der Waals surface area contributed by atoms with Crippen LogP contribution in [0.2, 0.25) is 5.02 Å². The number of hydrogen-bond donors (Lipinski definition) is 2. The number of nitrogens with two attached hydrogens (primary N) is 1. The van der Waals surface area contributed by atoms with Gasteiger partial charge in [-0.15, -0.1) is 0 Å². The van der Waals surface area contributed by atoms with Crippen molar-refractivity contribution in [1.29, 1.82) is 0 Å². The molecule has 5 nitrogen and oxygen atoms in total. The van der Waals surface area contributed by atoms with E-state index >= 15 is 0 Å². The highest BCUT2D eigenvalue weighted by Crippen LogP contribution is 2.25. The third kappa shape index (κ3) is 2.75. The van der Waals surface area contributed by atoms with Crippen molar-refractivity contribution in [3.63, 3.8) is 0 Å². The minimum Gasteiger partial charge on any atom is -0.496 e. The molecule has 0 spiro atoms. The molecule has 0 bridgehead atoms. The molecule has 0 saturated heterocycles. The van der Waals surface area contributed by atoms with Crippen molar-refractivity contribution in [3.05, 3.63) is 40.9 Å². The maximum atomic E-state index is 6.01. The van der Waals surface area contributed by atoms with Crippen molar-refractivity contribution in [3.8, 4) is 5.75 Å². The van der Waals surface area contributed by atoms with E-state index in [4.69, 9.17) is 22.1 Å². The summed E-state index contributed by atoms with van der Waals surface area (Å²) in [5.74, 6) is 1.41. The molecule has 0 saturated carbocycles. The number of rotatable bonds is 4. The zero-order valence-corrected chi connectivity index (χ0v) is 10.1. The molecule has 0 amide bonds. The zero-order chi connectivity index (χ0) is 12.3. The Labute approximate surface area is 104 Å². The van der Waals surface area contributed by atoms with Crippen LogP contribution in [0.1, 0.15) is 17.4 Å². The van der Waals surface area contributed by atoms with E-state index in [1.54, 1.807) is 13.2 Å². The van der Waals surface area contributed by atoms with Crippen LogP contribution in [0.25, 0.3) is 0 Å². The van der Waals surface area contributed by atoms with Crippen molar-refractivity contribution < 1.29 is 4.74 Å². The Morgan fingerprint density at radius 3 is 3.00 bits per heavy atom. The van der Waals surface area contributed by atoms with Crippen LogP contribution in [-0.4, -0.2) is 22.3 Å². The molecule has 0 aliphatic heterocycles. The maximum absolute atomic E-state index is 6.01. The lowest BCUT2D eigenvalue weighted by Crippen LogP contribution is -2.15. The van der Waals surface area contributed by atoms with E-state index in [0.29, 0.717) is 17.3 Å². The summed E-state index contributed by atoms with van der Waals surface area (Å²) in [6.07, 6.45) is 2.02. The largest absolute Gasteiger partial charge is 0.496 e. The van der Waals surface area contributed by atoms with Gasteiger partial charge in [0.25, 0.3) is 0 Å². The summed E-state index contributed by atoms with van der Waals surface area (Å²) in [6, 6.07) is 5.19. The first-order valence-corrected chi connectivity index (χ1v) is 5.51. The summed E-state index contributed by atoms with van der Waals surface area (Å²) in [6.45, 7) is 0. The van der Waals surface area contributed by atoms with Crippen molar-refractivity contribution in [2.45, 2.75) is 12.5 Å². The third-order valence-corrected chi connectivity index (χ3v) is 2.70. The second-order valence-corrected chi connectivity index (χ2v) is 4.07. The molecule has 17 heavy (non-hydrogen) atoms. The third-order valence-electron chi connectivity index (χ3n) is 2.47. The van der Waals surface area contributed by atoms with Crippen LogP contribution in [0.15, 0.2) is 24.5 Å². The topological polar surface area (TPSA) is 76.8 Å². The predicted molar refractivity (Wildman–Crippen MR) is 65.0 cm³/mol. The van der Waals surface area contributed by atoms with Crippen LogP contribution < -0.4 is 10.5 Å². The molecule has 0 aliphatic rings. The number of nitrogens with zero attached hydrogens (tertiary/aromatic N) is 2. The van der Waals surface area contributed by atoms with Crippen molar-refractivity contribution >= 4 is 11.6 Å². The first-order chi connectivity index (χ1) is 8.20. The van der Waals surface area contributed by atoms with Crippen LogP contribution in [0, 0.1) is 0 Å². The molecule has 90 valence electrons. The van der Waals surface area contributed by atoms with Crippen LogP contribution in [0.5, 0.6) is 5.75 Å². The lowest BCUT2D eigenvalue weighted by atomic mass is 10.1. The van der Waals surface area contributed by atoms with E-state index in [1.165, 1.54) is 6.33 Å². The van der Waals surface area contributed by atoms with Gasteiger partial charge in [0.2, 0.25) is 0 Å². The molecule has 1 aromatic heterocycles. The van der Waals surface area contributed by atoms with Crippen LogP contribution >= 0.6 is 11.6 Å². The standard InChI is InChI=1S/C11H13ClN4O/c1-17-10-3-2-8(12)4-7(10)5-9(13)11-14-6-15-16-11/h2-4,6,9H,5,13H2,1H3,(H,14,15,16). The molecule has 1 unspecified atom stereocenters. The zero-order valence-electron chi connectivity index (χ0n) is 9.35. The molecular formula is C11H13ClN4O. The number of aromatic nitrogens is 3. The highest BCUT2D eigenvalue weighted by atomic mass is 35.5. The SMILES string of the molecule is COc1ccc(Cl)cc1CC(N)c1ncn[nH]1. The quantitative estimate of drug-likeness (QED) is 0.869. The summed E-state index contributed by atoms with van der Waals surface area (Å²) >= 11 is 5.95. The van der Waals surface area contributed by atoms with E-state index < -0.39 is 0 Å². The summed E-state index contributed by atoms with van der Waals surface area (Å²) in [7, 11) is 1.62. The highest BCUT2D eigenvalue weighted by molar-refractivity contribution is 6.30. The van der Waals surface area contributed by atoms with Gasteiger partial charge >= 0.3 is 0 Å². The van der Waals surface area contributed by atoms with Gasteiger partial charge < -0.3 is 10.5 Å². The summed E-state index contributed by atoms with van der Waals surface area (Å²) in [4.78, 5) is 4.02. The maximum Gasteiger partial charge on any atom is 0.141 e. The number of halogens is 1. The molecule has 1 aromatic carbocycles. The fraction of sp³-hybridized carbons (Fsp3) is 0.273. The first-order valence-electron chi connectivity index (χ1n) is 5.14. The van der Waals surface area contributed by atoms with Gasteiger partial charge in [-0.3, -0.25) is 5.10 Å². The Hall–Kier alpha value is -1.59. The molecule has 2 aromatic rings. The average molecular weight is 253 g/mol. The Balaban J connectivity index is 2.20. The molecule has 3 N–H and O–H groups in total. The molecule has 1 atom stereocenters. The highest BCUT2D eigenvalue weighted by Gasteiger charge is 2.13. The van der Waals surface area contributed by atoms with Gasteiger partial charge in [-0.1, -0.05) is 11.6 Å². The fourth-order valence-electron chi connectivity index (χ4n) is 1.63. The lowest BCUT2D eigenvalue weighted by Gasteiger charge is -2.12. The Morgan fingerprint density at radius 2 is 2.35 bits per heavy atom. The van der Waals surface area contributed by atoms with E-state index in [-0.39, 0.29) is 6.04 Å².